The van der Waals surface area contributed by atoms with Crippen molar-refractivity contribution in [3.8, 4) is 11.5 Å². The highest BCUT2D eigenvalue weighted by Crippen LogP contribution is 2.28. The summed E-state index contributed by atoms with van der Waals surface area (Å²) in [7, 11) is 3.03. The first-order valence-electron chi connectivity index (χ1n) is 8.12. The van der Waals surface area contributed by atoms with Crippen molar-refractivity contribution in [3.05, 3.63) is 52.6 Å². The zero-order chi connectivity index (χ0) is 19.3. The number of nitrogens with one attached hydrogen (secondary N) is 1. The average molecular weight is 357 g/mol. The summed E-state index contributed by atoms with van der Waals surface area (Å²) in [5, 5.41) is 2.66. The number of carbonyl (C=O) groups excluding carboxylic acids is 2. The van der Waals surface area contributed by atoms with Gasteiger partial charge in [0, 0.05) is 6.07 Å². The number of methoxy groups -OCH3 is 2. The largest absolute Gasteiger partial charge is 0.497 e. The predicted octanol–water partition coefficient (Wildman–Crippen LogP) is 3.42. The molecular weight excluding hydrogens is 334 g/mol. The number of hydrogen-bond donors (Lipinski definition) is 1. The Hall–Kier alpha value is -3.02. The molecule has 138 valence electrons. The number of aryl methyl sites for hydroxylation is 3. The molecular formula is C20H23NO5. The molecule has 6 heteroatoms. The molecule has 0 heterocycles. The Morgan fingerprint density at radius 2 is 1.62 bits per heavy atom. The zero-order valence-corrected chi connectivity index (χ0v) is 15.6. The second-order valence-corrected chi connectivity index (χ2v) is 5.96. The van der Waals surface area contributed by atoms with E-state index in [-0.39, 0.29) is 0 Å². The van der Waals surface area contributed by atoms with Gasteiger partial charge in [-0.1, -0.05) is 17.7 Å². The Kier molecular flexibility index (Phi) is 6.22. The number of rotatable bonds is 6. The molecule has 1 amide bonds. The molecule has 0 unspecified atom stereocenters. The molecule has 0 fully saturated rings. The van der Waals surface area contributed by atoms with Crippen molar-refractivity contribution in [1.82, 2.24) is 0 Å². The van der Waals surface area contributed by atoms with Crippen LogP contribution >= 0.6 is 0 Å². The highest BCUT2D eigenvalue weighted by Gasteiger charge is 2.16. The van der Waals surface area contributed by atoms with Gasteiger partial charge in [-0.15, -0.1) is 0 Å². The number of amides is 1. The number of carbonyl (C=O) groups is 2. The fraction of sp³-hybridized carbons (Fsp3) is 0.300. The van der Waals surface area contributed by atoms with Gasteiger partial charge in [0.25, 0.3) is 5.91 Å². The van der Waals surface area contributed by atoms with Gasteiger partial charge in [0.15, 0.2) is 6.61 Å². The lowest BCUT2D eigenvalue weighted by Gasteiger charge is -2.13. The van der Waals surface area contributed by atoms with Crippen LogP contribution in [0.3, 0.4) is 0 Å². The van der Waals surface area contributed by atoms with Crippen molar-refractivity contribution in [2.24, 2.45) is 0 Å². The van der Waals surface area contributed by atoms with E-state index in [0.717, 1.165) is 16.7 Å². The smallest absolute Gasteiger partial charge is 0.339 e. The summed E-state index contributed by atoms with van der Waals surface area (Å²) in [5.41, 5.74) is 3.64. The minimum Gasteiger partial charge on any atom is -0.497 e. The van der Waals surface area contributed by atoms with E-state index in [4.69, 9.17) is 14.2 Å². The second kappa shape index (κ2) is 8.38. The van der Waals surface area contributed by atoms with E-state index in [2.05, 4.69) is 5.32 Å². The highest BCUT2D eigenvalue weighted by molar-refractivity contribution is 5.97. The van der Waals surface area contributed by atoms with Gasteiger partial charge in [-0.2, -0.15) is 0 Å². The quantitative estimate of drug-likeness (QED) is 0.802. The van der Waals surface area contributed by atoms with Crippen molar-refractivity contribution in [1.29, 1.82) is 0 Å². The molecule has 0 saturated heterocycles. The monoisotopic (exact) mass is 357 g/mol. The topological polar surface area (TPSA) is 73.9 Å². The number of ether oxygens (including phenoxy) is 3. The van der Waals surface area contributed by atoms with Crippen LogP contribution in [0.25, 0.3) is 0 Å². The molecule has 0 spiro atoms. The average Bonchev–Trinajstić information content (AvgIpc) is 2.59. The summed E-state index contributed by atoms with van der Waals surface area (Å²) >= 11 is 0. The van der Waals surface area contributed by atoms with Gasteiger partial charge in [-0.25, -0.2) is 4.79 Å². The molecule has 2 rings (SSSR count). The maximum Gasteiger partial charge on any atom is 0.339 e. The minimum atomic E-state index is -0.521. The SMILES string of the molecule is COc1ccc(OC)c(NC(=O)COC(=O)c2c(C)cc(C)cc2C)c1. The summed E-state index contributed by atoms with van der Waals surface area (Å²) in [6, 6.07) is 8.85. The number of anilines is 1. The molecule has 0 aliphatic carbocycles. The predicted molar refractivity (Wildman–Crippen MR) is 99.1 cm³/mol. The summed E-state index contributed by atoms with van der Waals surface area (Å²) in [6.07, 6.45) is 0. The molecule has 1 N–H and O–H groups in total. The fourth-order valence-corrected chi connectivity index (χ4v) is 2.80. The van der Waals surface area contributed by atoms with E-state index in [0.29, 0.717) is 22.7 Å². The molecule has 0 aliphatic rings. The van der Waals surface area contributed by atoms with Crippen LogP contribution in [0.15, 0.2) is 30.3 Å². The van der Waals surface area contributed by atoms with Crippen LogP contribution in [-0.2, 0) is 9.53 Å². The standard InChI is InChI=1S/C20H23NO5/c1-12-8-13(2)19(14(3)9-12)20(23)26-11-18(22)21-16-10-15(24-4)6-7-17(16)25-5/h6-10H,11H2,1-5H3,(H,21,22). The van der Waals surface area contributed by atoms with Gasteiger partial charge < -0.3 is 19.5 Å². The van der Waals surface area contributed by atoms with E-state index in [1.807, 2.05) is 32.9 Å². The maximum atomic E-state index is 12.3. The molecule has 0 aromatic heterocycles. The first kappa shape index (κ1) is 19.3. The van der Waals surface area contributed by atoms with E-state index in [9.17, 15) is 9.59 Å². The first-order valence-corrected chi connectivity index (χ1v) is 8.12. The van der Waals surface area contributed by atoms with Gasteiger partial charge in [0.2, 0.25) is 0 Å². The summed E-state index contributed by atoms with van der Waals surface area (Å²) in [6.45, 7) is 5.26. The number of esters is 1. The lowest BCUT2D eigenvalue weighted by molar-refractivity contribution is -0.119. The summed E-state index contributed by atoms with van der Waals surface area (Å²) < 4.78 is 15.5. The molecule has 2 aromatic carbocycles. The molecule has 0 saturated carbocycles. The summed E-state index contributed by atoms with van der Waals surface area (Å²) in [5.74, 6) is 0.0692. The lowest BCUT2D eigenvalue weighted by Crippen LogP contribution is -2.22. The van der Waals surface area contributed by atoms with E-state index in [1.165, 1.54) is 14.2 Å². The van der Waals surface area contributed by atoms with Gasteiger partial charge in [0.05, 0.1) is 25.5 Å². The Balaban J connectivity index is 2.04. The van der Waals surface area contributed by atoms with Crippen LogP contribution in [0.4, 0.5) is 5.69 Å². The third-order valence-corrected chi connectivity index (χ3v) is 3.90. The van der Waals surface area contributed by atoms with Crippen LogP contribution in [0, 0.1) is 20.8 Å². The van der Waals surface area contributed by atoms with Gasteiger partial charge in [0.1, 0.15) is 11.5 Å². The maximum absolute atomic E-state index is 12.3. The van der Waals surface area contributed by atoms with E-state index in [1.54, 1.807) is 18.2 Å². The molecule has 0 radical (unpaired) electrons. The Morgan fingerprint density at radius 1 is 0.962 bits per heavy atom. The molecule has 0 bridgehead atoms. The molecule has 6 nitrogen and oxygen atoms in total. The minimum absolute atomic E-state index is 0.397. The van der Waals surface area contributed by atoms with Crippen molar-refractivity contribution in [2.45, 2.75) is 20.8 Å². The van der Waals surface area contributed by atoms with Crippen molar-refractivity contribution < 1.29 is 23.8 Å². The van der Waals surface area contributed by atoms with Crippen LogP contribution in [0.5, 0.6) is 11.5 Å². The molecule has 0 aliphatic heterocycles. The Morgan fingerprint density at radius 3 is 2.19 bits per heavy atom. The zero-order valence-electron chi connectivity index (χ0n) is 15.6. The fourth-order valence-electron chi connectivity index (χ4n) is 2.80. The Bertz CT molecular complexity index is 806. The number of hydrogen-bond acceptors (Lipinski definition) is 5. The molecule has 2 aromatic rings. The third-order valence-electron chi connectivity index (χ3n) is 3.90. The first-order chi connectivity index (χ1) is 12.3. The lowest BCUT2D eigenvalue weighted by atomic mass is 10.00. The number of benzene rings is 2. The second-order valence-electron chi connectivity index (χ2n) is 5.96. The van der Waals surface area contributed by atoms with Crippen molar-refractivity contribution in [2.75, 3.05) is 26.1 Å². The van der Waals surface area contributed by atoms with Crippen LogP contribution in [-0.4, -0.2) is 32.7 Å². The van der Waals surface area contributed by atoms with Crippen molar-refractivity contribution in [3.63, 3.8) is 0 Å². The molecule has 26 heavy (non-hydrogen) atoms. The van der Waals surface area contributed by atoms with Crippen LogP contribution < -0.4 is 14.8 Å². The molecule has 0 atom stereocenters. The van der Waals surface area contributed by atoms with E-state index >= 15 is 0 Å². The highest BCUT2D eigenvalue weighted by atomic mass is 16.5. The third kappa shape index (κ3) is 4.53. The van der Waals surface area contributed by atoms with E-state index < -0.39 is 18.5 Å². The van der Waals surface area contributed by atoms with Gasteiger partial charge in [-0.05, 0) is 44.0 Å². The van der Waals surface area contributed by atoms with Gasteiger partial charge >= 0.3 is 5.97 Å². The normalized spacial score (nSPS) is 10.2. The van der Waals surface area contributed by atoms with Crippen LogP contribution in [0.2, 0.25) is 0 Å². The van der Waals surface area contributed by atoms with Gasteiger partial charge in [-0.3, -0.25) is 4.79 Å². The van der Waals surface area contributed by atoms with Crippen LogP contribution in [0.1, 0.15) is 27.0 Å². The summed E-state index contributed by atoms with van der Waals surface area (Å²) in [4.78, 5) is 24.5. The Labute approximate surface area is 153 Å². The van der Waals surface area contributed by atoms with Crippen molar-refractivity contribution >= 4 is 17.6 Å².